The maximum atomic E-state index is 12.5. The Balaban J connectivity index is 1.61. The molecule has 0 bridgehead atoms. The number of nitrogens with zero attached hydrogens (tertiary/aromatic N) is 3. The van der Waals surface area contributed by atoms with E-state index in [-0.39, 0.29) is 0 Å². The zero-order valence-electron chi connectivity index (χ0n) is 24.4. The molecular formula is C31H51N3O3. The van der Waals surface area contributed by atoms with E-state index in [4.69, 9.17) is 9.47 Å². The molecule has 3 aliphatic rings. The van der Waals surface area contributed by atoms with E-state index >= 15 is 0 Å². The minimum absolute atomic E-state index is 0.301. The van der Waals surface area contributed by atoms with Gasteiger partial charge in [-0.1, -0.05) is 27.7 Å². The SMILES string of the molecule is CCCC(=O)N1CCN(c2cc(OC)c(N3CCC(OC)CC3)cc2C2CCC(C(C)(C)C)CC2)CC1. The molecule has 0 N–H and O–H groups in total. The van der Waals surface area contributed by atoms with E-state index in [1.165, 1.54) is 42.6 Å². The van der Waals surface area contributed by atoms with Gasteiger partial charge in [0.15, 0.2) is 0 Å². The van der Waals surface area contributed by atoms with E-state index in [2.05, 4.69) is 54.5 Å². The molecule has 0 atom stereocenters. The van der Waals surface area contributed by atoms with Crippen molar-refractivity contribution < 1.29 is 14.3 Å². The lowest BCUT2D eigenvalue weighted by atomic mass is 9.68. The summed E-state index contributed by atoms with van der Waals surface area (Å²) in [5, 5.41) is 0. The lowest BCUT2D eigenvalue weighted by Gasteiger charge is -2.41. The van der Waals surface area contributed by atoms with Gasteiger partial charge in [-0.2, -0.15) is 0 Å². The molecule has 1 aromatic rings. The van der Waals surface area contributed by atoms with Gasteiger partial charge < -0.3 is 24.2 Å². The molecule has 1 saturated carbocycles. The maximum absolute atomic E-state index is 12.5. The van der Waals surface area contributed by atoms with E-state index in [0.29, 0.717) is 29.8 Å². The van der Waals surface area contributed by atoms with Gasteiger partial charge in [-0.25, -0.2) is 0 Å². The zero-order chi connectivity index (χ0) is 26.6. The number of hydrogen-bond donors (Lipinski definition) is 0. The number of amides is 1. The Morgan fingerprint density at radius 2 is 1.49 bits per heavy atom. The Morgan fingerprint density at radius 3 is 2.03 bits per heavy atom. The summed E-state index contributed by atoms with van der Waals surface area (Å²) in [6.45, 7) is 14.7. The molecule has 0 radical (unpaired) electrons. The number of anilines is 2. The van der Waals surface area contributed by atoms with Crippen molar-refractivity contribution in [3.05, 3.63) is 17.7 Å². The second-order valence-electron chi connectivity index (χ2n) is 12.5. The number of benzene rings is 1. The fraction of sp³-hybridized carbons (Fsp3) is 0.774. The summed E-state index contributed by atoms with van der Waals surface area (Å²) in [7, 11) is 3.64. The molecule has 0 unspecified atom stereocenters. The van der Waals surface area contributed by atoms with Crippen molar-refractivity contribution in [3.63, 3.8) is 0 Å². The monoisotopic (exact) mass is 513 g/mol. The molecule has 6 heteroatoms. The predicted molar refractivity (Wildman–Crippen MR) is 153 cm³/mol. The first-order valence-electron chi connectivity index (χ1n) is 14.8. The number of rotatable bonds is 7. The Labute approximate surface area is 225 Å². The van der Waals surface area contributed by atoms with E-state index in [1.54, 1.807) is 7.11 Å². The van der Waals surface area contributed by atoms with Gasteiger partial charge in [0.25, 0.3) is 0 Å². The minimum atomic E-state index is 0.301. The number of hydrogen-bond acceptors (Lipinski definition) is 5. The average Bonchev–Trinajstić information content (AvgIpc) is 2.92. The van der Waals surface area contributed by atoms with Crippen LogP contribution in [0.15, 0.2) is 12.1 Å². The third-order valence-electron chi connectivity index (χ3n) is 9.27. The average molecular weight is 514 g/mol. The number of piperidine rings is 1. The molecule has 6 nitrogen and oxygen atoms in total. The van der Waals surface area contributed by atoms with Crippen molar-refractivity contribution in [1.29, 1.82) is 0 Å². The first kappa shape index (κ1) is 28.1. The summed E-state index contributed by atoms with van der Waals surface area (Å²) in [4.78, 5) is 19.6. The largest absolute Gasteiger partial charge is 0.495 e. The summed E-state index contributed by atoms with van der Waals surface area (Å²) in [5.41, 5.74) is 4.44. The fourth-order valence-corrected chi connectivity index (χ4v) is 6.76. The number of piperazine rings is 1. The van der Waals surface area contributed by atoms with Gasteiger partial charge in [0.2, 0.25) is 5.91 Å². The van der Waals surface area contributed by atoms with Crippen LogP contribution < -0.4 is 14.5 Å². The standard InChI is InChI=1S/C31H51N3O3/c1-7-8-30(35)34-19-17-33(18-20-34)27-22-29(37-6)28(32-15-13-25(36-5)14-16-32)21-26(27)23-9-11-24(12-10-23)31(2,3)4/h21-25H,7-20H2,1-6H3. The van der Waals surface area contributed by atoms with Crippen LogP contribution in [0, 0.1) is 11.3 Å². The van der Waals surface area contributed by atoms with Crippen molar-refractivity contribution >= 4 is 17.3 Å². The quantitative estimate of drug-likeness (QED) is 0.442. The van der Waals surface area contributed by atoms with Crippen molar-refractivity contribution in [2.75, 3.05) is 63.3 Å². The molecule has 37 heavy (non-hydrogen) atoms. The second kappa shape index (κ2) is 12.3. The third-order valence-corrected chi connectivity index (χ3v) is 9.27. The zero-order valence-corrected chi connectivity index (χ0v) is 24.4. The van der Waals surface area contributed by atoms with Gasteiger partial charge >= 0.3 is 0 Å². The molecule has 2 aliphatic heterocycles. The molecule has 3 fully saturated rings. The number of ether oxygens (including phenoxy) is 2. The Morgan fingerprint density at radius 1 is 0.865 bits per heavy atom. The van der Waals surface area contributed by atoms with Crippen molar-refractivity contribution in [2.45, 2.75) is 91.1 Å². The summed E-state index contributed by atoms with van der Waals surface area (Å²) < 4.78 is 11.6. The van der Waals surface area contributed by atoms with Gasteiger partial charge in [0.1, 0.15) is 5.75 Å². The van der Waals surface area contributed by atoms with E-state index in [1.807, 2.05) is 7.11 Å². The second-order valence-corrected chi connectivity index (χ2v) is 12.5. The molecule has 2 heterocycles. The van der Waals surface area contributed by atoms with Gasteiger partial charge in [-0.3, -0.25) is 4.79 Å². The molecule has 1 aliphatic carbocycles. The minimum Gasteiger partial charge on any atom is -0.495 e. The van der Waals surface area contributed by atoms with Gasteiger partial charge in [0.05, 0.1) is 18.9 Å². The summed E-state index contributed by atoms with van der Waals surface area (Å²) in [6.07, 6.45) is 9.15. The van der Waals surface area contributed by atoms with Crippen LogP contribution in [0.2, 0.25) is 0 Å². The van der Waals surface area contributed by atoms with Crippen LogP contribution in [0.4, 0.5) is 11.4 Å². The highest BCUT2D eigenvalue weighted by atomic mass is 16.5. The normalized spacial score (nSPS) is 23.9. The maximum Gasteiger partial charge on any atom is 0.222 e. The molecule has 0 spiro atoms. The molecular weight excluding hydrogens is 462 g/mol. The van der Waals surface area contributed by atoms with Gasteiger partial charge in [-0.05, 0) is 73.8 Å². The van der Waals surface area contributed by atoms with Crippen molar-refractivity contribution in [3.8, 4) is 5.75 Å². The van der Waals surface area contributed by atoms with Crippen LogP contribution in [0.25, 0.3) is 0 Å². The lowest BCUT2D eigenvalue weighted by Crippen LogP contribution is -2.49. The highest BCUT2D eigenvalue weighted by molar-refractivity contribution is 5.77. The summed E-state index contributed by atoms with van der Waals surface area (Å²) in [6, 6.07) is 4.78. The fourth-order valence-electron chi connectivity index (χ4n) is 6.76. The van der Waals surface area contributed by atoms with Crippen molar-refractivity contribution in [1.82, 2.24) is 4.90 Å². The van der Waals surface area contributed by atoms with Crippen LogP contribution in [0.3, 0.4) is 0 Å². The Bertz CT molecular complexity index is 888. The third kappa shape index (κ3) is 6.55. The van der Waals surface area contributed by atoms with Crippen LogP contribution in [-0.4, -0.2) is 70.4 Å². The molecule has 2 saturated heterocycles. The van der Waals surface area contributed by atoms with Gasteiger partial charge in [-0.15, -0.1) is 0 Å². The predicted octanol–water partition coefficient (Wildman–Crippen LogP) is 6.08. The highest BCUT2D eigenvalue weighted by Gasteiger charge is 2.33. The number of methoxy groups -OCH3 is 2. The van der Waals surface area contributed by atoms with Crippen molar-refractivity contribution in [2.24, 2.45) is 11.3 Å². The molecule has 1 amide bonds. The highest BCUT2D eigenvalue weighted by Crippen LogP contribution is 2.48. The van der Waals surface area contributed by atoms with Crippen LogP contribution in [0.5, 0.6) is 5.75 Å². The summed E-state index contributed by atoms with van der Waals surface area (Å²) >= 11 is 0. The number of carbonyl (C=O) groups is 1. The lowest BCUT2D eigenvalue weighted by molar-refractivity contribution is -0.131. The topological polar surface area (TPSA) is 45.2 Å². The number of carbonyl (C=O) groups excluding carboxylic acids is 1. The molecule has 4 rings (SSSR count). The van der Waals surface area contributed by atoms with E-state index in [0.717, 1.165) is 70.2 Å². The summed E-state index contributed by atoms with van der Waals surface area (Å²) in [5.74, 6) is 2.65. The smallest absolute Gasteiger partial charge is 0.222 e. The Hall–Kier alpha value is -1.95. The first-order valence-corrected chi connectivity index (χ1v) is 14.8. The Kier molecular flexibility index (Phi) is 9.31. The molecule has 0 aromatic heterocycles. The molecule has 208 valence electrons. The van der Waals surface area contributed by atoms with Crippen LogP contribution >= 0.6 is 0 Å². The van der Waals surface area contributed by atoms with Crippen LogP contribution in [-0.2, 0) is 9.53 Å². The van der Waals surface area contributed by atoms with E-state index in [9.17, 15) is 4.79 Å². The van der Waals surface area contributed by atoms with Crippen LogP contribution in [0.1, 0.15) is 90.5 Å². The first-order chi connectivity index (χ1) is 17.7. The van der Waals surface area contributed by atoms with E-state index < -0.39 is 0 Å². The molecule has 1 aromatic carbocycles. The van der Waals surface area contributed by atoms with Gasteiger partial charge in [0, 0.05) is 64.6 Å².